The van der Waals surface area contributed by atoms with Crippen LogP contribution in [0.1, 0.15) is 31.2 Å². The van der Waals surface area contributed by atoms with Crippen LogP contribution in [-0.2, 0) is 4.79 Å². The summed E-state index contributed by atoms with van der Waals surface area (Å²) in [7, 11) is 1.65. The first-order valence-electron chi connectivity index (χ1n) is 7.31. The van der Waals surface area contributed by atoms with Gasteiger partial charge in [-0.3, -0.25) is 4.79 Å². The second-order valence-corrected chi connectivity index (χ2v) is 5.56. The Morgan fingerprint density at radius 3 is 2.80 bits per heavy atom. The van der Waals surface area contributed by atoms with Crippen LogP contribution in [-0.4, -0.2) is 19.6 Å². The van der Waals surface area contributed by atoms with Gasteiger partial charge in [0.25, 0.3) is 0 Å². The lowest BCUT2D eigenvalue weighted by Gasteiger charge is -2.29. The van der Waals surface area contributed by atoms with Crippen LogP contribution in [0.2, 0.25) is 0 Å². The first kappa shape index (κ1) is 14.9. The highest BCUT2D eigenvalue weighted by atomic mass is 16.5. The summed E-state index contributed by atoms with van der Waals surface area (Å²) in [6.45, 7) is 2.57. The lowest BCUT2D eigenvalue weighted by atomic mass is 9.78. The molecule has 4 heteroatoms. The summed E-state index contributed by atoms with van der Waals surface area (Å²) in [5.41, 5.74) is 7.64. The van der Waals surface area contributed by atoms with E-state index in [4.69, 9.17) is 10.5 Å². The Bertz CT molecular complexity index is 474. The van der Waals surface area contributed by atoms with Gasteiger partial charge in [0.1, 0.15) is 5.75 Å². The molecule has 110 valence electrons. The van der Waals surface area contributed by atoms with Crippen LogP contribution < -0.4 is 15.8 Å². The van der Waals surface area contributed by atoms with E-state index in [1.807, 2.05) is 25.1 Å². The van der Waals surface area contributed by atoms with Gasteiger partial charge in [0.2, 0.25) is 5.91 Å². The summed E-state index contributed by atoms with van der Waals surface area (Å²) >= 11 is 0. The van der Waals surface area contributed by atoms with E-state index >= 15 is 0 Å². The zero-order valence-electron chi connectivity index (χ0n) is 12.3. The molecule has 0 saturated heterocycles. The fourth-order valence-electron chi connectivity index (χ4n) is 3.03. The van der Waals surface area contributed by atoms with Crippen LogP contribution >= 0.6 is 0 Å². The Balaban J connectivity index is 2.05. The van der Waals surface area contributed by atoms with Gasteiger partial charge in [0.05, 0.1) is 7.11 Å². The Morgan fingerprint density at radius 2 is 2.15 bits per heavy atom. The number of ether oxygens (including phenoxy) is 1. The van der Waals surface area contributed by atoms with Crippen LogP contribution in [0.4, 0.5) is 5.69 Å². The van der Waals surface area contributed by atoms with E-state index in [2.05, 4.69) is 5.32 Å². The minimum absolute atomic E-state index is 0.0520. The molecule has 1 aromatic rings. The number of methoxy groups -OCH3 is 1. The SMILES string of the molecule is COc1ccc(NC(=O)C2CCCCC2CN)cc1C. The molecule has 2 atom stereocenters. The predicted molar refractivity (Wildman–Crippen MR) is 80.9 cm³/mol. The molecule has 0 aliphatic heterocycles. The van der Waals surface area contributed by atoms with E-state index in [1.165, 1.54) is 6.42 Å². The fourth-order valence-corrected chi connectivity index (χ4v) is 3.03. The van der Waals surface area contributed by atoms with Crippen molar-refractivity contribution in [3.05, 3.63) is 23.8 Å². The van der Waals surface area contributed by atoms with Crippen molar-refractivity contribution < 1.29 is 9.53 Å². The summed E-state index contributed by atoms with van der Waals surface area (Å²) in [6, 6.07) is 5.70. The first-order chi connectivity index (χ1) is 9.65. The van der Waals surface area contributed by atoms with Crippen LogP contribution in [0.25, 0.3) is 0 Å². The molecule has 0 bridgehead atoms. The van der Waals surface area contributed by atoms with Crippen LogP contribution in [0.15, 0.2) is 18.2 Å². The predicted octanol–water partition coefficient (Wildman–Crippen LogP) is 2.71. The number of nitrogens with one attached hydrogen (secondary N) is 1. The molecule has 1 aliphatic rings. The zero-order chi connectivity index (χ0) is 14.5. The summed E-state index contributed by atoms with van der Waals surface area (Å²) in [4.78, 5) is 12.4. The van der Waals surface area contributed by atoms with Crippen molar-refractivity contribution in [3.8, 4) is 5.75 Å². The van der Waals surface area contributed by atoms with Crippen LogP contribution in [0, 0.1) is 18.8 Å². The minimum atomic E-state index is 0.0520. The number of amides is 1. The molecule has 0 aromatic heterocycles. The number of hydrogen-bond acceptors (Lipinski definition) is 3. The van der Waals surface area contributed by atoms with Crippen LogP contribution in [0.3, 0.4) is 0 Å². The molecule has 3 N–H and O–H groups in total. The van der Waals surface area contributed by atoms with Gasteiger partial charge in [-0.15, -0.1) is 0 Å². The molecule has 0 radical (unpaired) electrons. The van der Waals surface area contributed by atoms with E-state index in [0.717, 1.165) is 36.3 Å². The van der Waals surface area contributed by atoms with E-state index in [9.17, 15) is 4.79 Å². The molecule has 20 heavy (non-hydrogen) atoms. The van der Waals surface area contributed by atoms with Gasteiger partial charge >= 0.3 is 0 Å². The lowest BCUT2D eigenvalue weighted by Crippen LogP contribution is -2.35. The molecular formula is C16H24N2O2. The summed E-state index contributed by atoms with van der Waals surface area (Å²) < 4.78 is 5.23. The Labute approximate surface area is 120 Å². The molecule has 4 nitrogen and oxygen atoms in total. The first-order valence-corrected chi connectivity index (χ1v) is 7.31. The van der Waals surface area contributed by atoms with Crippen molar-refractivity contribution in [2.24, 2.45) is 17.6 Å². The van der Waals surface area contributed by atoms with Gasteiger partial charge in [-0.05, 0) is 56.0 Å². The number of aryl methyl sites for hydroxylation is 1. The van der Waals surface area contributed by atoms with Crippen molar-refractivity contribution in [2.75, 3.05) is 19.0 Å². The maximum absolute atomic E-state index is 12.4. The third-order valence-electron chi connectivity index (χ3n) is 4.21. The molecule has 1 aromatic carbocycles. The largest absolute Gasteiger partial charge is 0.496 e. The van der Waals surface area contributed by atoms with Crippen molar-refractivity contribution in [2.45, 2.75) is 32.6 Å². The summed E-state index contributed by atoms with van der Waals surface area (Å²) in [6.07, 6.45) is 4.32. The Morgan fingerprint density at radius 1 is 1.40 bits per heavy atom. The molecule has 2 unspecified atom stereocenters. The van der Waals surface area contributed by atoms with Gasteiger partial charge in [0, 0.05) is 11.6 Å². The number of benzene rings is 1. The molecule has 0 heterocycles. The fraction of sp³-hybridized carbons (Fsp3) is 0.562. The number of hydrogen-bond donors (Lipinski definition) is 2. The highest BCUT2D eigenvalue weighted by molar-refractivity contribution is 5.93. The summed E-state index contributed by atoms with van der Waals surface area (Å²) in [5.74, 6) is 1.31. The smallest absolute Gasteiger partial charge is 0.227 e. The normalized spacial score (nSPS) is 22.4. The molecule has 1 aliphatic carbocycles. The van der Waals surface area contributed by atoms with E-state index < -0.39 is 0 Å². The average Bonchev–Trinajstić information content (AvgIpc) is 2.47. The number of carbonyl (C=O) groups is 1. The second kappa shape index (κ2) is 6.75. The Kier molecular flexibility index (Phi) is 5.01. The van der Waals surface area contributed by atoms with Gasteiger partial charge in [-0.25, -0.2) is 0 Å². The molecule has 2 rings (SSSR count). The molecule has 1 saturated carbocycles. The number of nitrogens with two attached hydrogens (primary N) is 1. The van der Waals surface area contributed by atoms with Crippen molar-refractivity contribution in [1.82, 2.24) is 0 Å². The van der Waals surface area contributed by atoms with Crippen molar-refractivity contribution in [3.63, 3.8) is 0 Å². The number of carbonyl (C=O) groups excluding carboxylic acids is 1. The topological polar surface area (TPSA) is 64.3 Å². The van der Waals surface area contributed by atoms with Gasteiger partial charge in [0.15, 0.2) is 0 Å². The van der Waals surface area contributed by atoms with E-state index in [1.54, 1.807) is 7.11 Å². The highest BCUT2D eigenvalue weighted by Gasteiger charge is 2.29. The lowest BCUT2D eigenvalue weighted by molar-refractivity contribution is -0.122. The monoisotopic (exact) mass is 276 g/mol. The standard InChI is InChI=1S/C16H24N2O2/c1-11-9-13(7-8-15(11)20-2)18-16(19)14-6-4-3-5-12(14)10-17/h7-9,12,14H,3-6,10,17H2,1-2H3,(H,18,19). The molecule has 1 amide bonds. The van der Waals surface area contributed by atoms with Crippen molar-refractivity contribution >= 4 is 11.6 Å². The second-order valence-electron chi connectivity index (χ2n) is 5.56. The minimum Gasteiger partial charge on any atom is -0.496 e. The summed E-state index contributed by atoms with van der Waals surface area (Å²) in [5, 5.41) is 3.02. The highest BCUT2D eigenvalue weighted by Crippen LogP contribution is 2.30. The third kappa shape index (κ3) is 3.31. The van der Waals surface area contributed by atoms with E-state index in [-0.39, 0.29) is 11.8 Å². The molecular weight excluding hydrogens is 252 g/mol. The zero-order valence-corrected chi connectivity index (χ0v) is 12.3. The molecule has 0 spiro atoms. The van der Waals surface area contributed by atoms with Gasteiger partial charge in [-0.2, -0.15) is 0 Å². The molecule has 1 fully saturated rings. The quantitative estimate of drug-likeness (QED) is 0.888. The Hall–Kier alpha value is -1.55. The number of rotatable bonds is 4. The third-order valence-corrected chi connectivity index (χ3v) is 4.21. The van der Waals surface area contributed by atoms with Gasteiger partial charge < -0.3 is 15.8 Å². The van der Waals surface area contributed by atoms with Gasteiger partial charge in [-0.1, -0.05) is 12.8 Å². The maximum Gasteiger partial charge on any atom is 0.227 e. The van der Waals surface area contributed by atoms with Crippen LogP contribution in [0.5, 0.6) is 5.75 Å². The number of anilines is 1. The maximum atomic E-state index is 12.4. The van der Waals surface area contributed by atoms with Crippen molar-refractivity contribution in [1.29, 1.82) is 0 Å². The average molecular weight is 276 g/mol. The van der Waals surface area contributed by atoms with E-state index in [0.29, 0.717) is 12.5 Å².